The number of aryl methyl sites for hydroxylation is 1. The lowest BCUT2D eigenvalue weighted by molar-refractivity contribution is -0.119. The van der Waals surface area contributed by atoms with Crippen molar-refractivity contribution >= 4 is 39.2 Å². The third kappa shape index (κ3) is 3.85. The van der Waals surface area contributed by atoms with Crippen molar-refractivity contribution in [2.45, 2.75) is 69.4 Å². The molecule has 0 bridgehead atoms. The van der Waals surface area contributed by atoms with E-state index in [4.69, 9.17) is 0 Å². The standard InChI is InChI=1S/C19H25N3OS2/c1-12-7-8-14-15(9-12)25-19-17(14)18(20-11-21-19)24-10-16(23)22-13-5-3-2-4-6-13/h11-13H,2-10H2,1H3,(H,22,23)/t12-/m0/s1. The Morgan fingerprint density at radius 1 is 1.28 bits per heavy atom. The zero-order valence-corrected chi connectivity index (χ0v) is 16.3. The van der Waals surface area contributed by atoms with E-state index >= 15 is 0 Å². The Labute approximate surface area is 157 Å². The van der Waals surface area contributed by atoms with Crippen molar-refractivity contribution in [3.05, 3.63) is 16.8 Å². The zero-order valence-electron chi connectivity index (χ0n) is 14.7. The van der Waals surface area contributed by atoms with E-state index in [1.807, 2.05) is 11.3 Å². The lowest BCUT2D eigenvalue weighted by atomic mass is 9.89. The number of amides is 1. The Balaban J connectivity index is 1.47. The van der Waals surface area contributed by atoms with Gasteiger partial charge in [0.15, 0.2) is 0 Å². The van der Waals surface area contributed by atoms with Gasteiger partial charge in [-0.1, -0.05) is 37.9 Å². The first-order valence-corrected chi connectivity index (χ1v) is 11.2. The molecule has 2 aromatic heterocycles. The molecule has 2 heterocycles. The monoisotopic (exact) mass is 375 g/mol. The van der Waals surface area contributed by atoms with Crippen molar-refractivity contribution in [2.75, 3.05) is 5.75 Å². The van der Waals surface area contributed by atoms with Crippen LogP contribution in [-0.4, -0.2) is 27.7 Å². The summed E-state index contributed by atoms with van der Waals surface area (Å²) in [6, 6.07) is 0.377. The fourth-order valence-corrected chi connectivity index (χ4v) is 6.26. The minimum Gasteiger partial charge on any atom is -0.353 e. The molecule has 0 aromatic carbocycles. The molecule has 6 heteroatoms. The number of thiophene rings is 1. The molecule has 2 aliphatic carbocycles. The van der Waals surface area contributed by atoms with Gasteiger partial charge in [-0.05, 0) is 43.6 Å². The summed E-state index contributed by atoms with van der Waals surface area (Å²) in [5, 5.41) is 5.39. The van der Waals surface area contributed by atoms with Crippen LogP contribution in [0.2, 0.25) is 0 Å². The predicted molar refractivity (Wildman–Crippen MR) is 104 cm³/mol. The maximum absolute atomic E-state index is 12.3. The minimum absolute atomic E-state index is 0.140. The van der Waals surface area contributed by atoms with Gasteiger partial charge < -0.3 is 5.32 Å². The van der Waals surface area contributed by atoms with Crippen LogP contribution in [-0.2, 0) is 17.6 Å². The summed E-state index contributed by atoms with van der Waals surface area (Å²) in [4.78, 5) is 23.9. The lowest BCUT2D eigenvalue weighted by Gasteiger charge is -2.22. The van der Waals surface area contributed by atoms with Crippen LogP contribution in [0, 0.1) is 5.92 Å². The van der Waals surface area contributed by atoms with Gasteiger partial charge in [-0.15, -0.1) is 11.3 Å². The van der Waals surface area contributed by atoms with Gasteiger partial charge in [0.25, 0.3) is 0 Å². The van der Waals surface area contributed by atoms with Gasteiger partial charge in [0.2, 0.25) is 5.91 Å². The van der Waals surface area contributed by atoms with E-state index in [0.29, 0.717) is 11.8 Å². The Morgan fingerprint density at radius 3 is 2.96 bits per heavy atom. The normalized spacial score (nSPS) is 21.2. The zero-order chi connectivity index (χ0) is 17.2. The SMILES string of the molecule is C[C@H]1CCc2c(sc3ncnc(SCC(=O)NC4CCCCC4)c23)C1. The van der Waals surface area contributed by atoms with E-state index in [-0.39, 0.29) is 5.91 Å². The molecule has 1 atom stereocenters. The van der Waals surface area contributed by atoms with Crippen LogP contribution in [0.5, 0.6) is 0 Å². The van der Waals surface area contributed by atoms with Crippen molar-refractivity contribution in [1.29, 1.82) is 0 Å². The number of rotatable bonds is 4. The number of hydrogen-bond acceptors (Lipinski definition) is 5. The molecule has 0 unspecified atom stereocenters. The Hall–Kier alpha value is -1.14. The fourth-order valence-electron chi connectivity index (χ4n) is 4.01. The number of carbonyl (C=O) groups excluding carboxylic acids is 1. The van der Waals surface area contributed by atoms with Crippen LogP contribution in [0.15, 0.2) is 11.4 Å². The number of nitrogens with one attached hydrogen (secondary N) is 1. The van der Waals surface area contributed by atoms with Gasteiger partial charge in [-0.3, -0.25) is 4.79 Å². The molecule has 1 amide bonds. The maximum Gasteiger partial charge on any atom is 0.230 e. The quantitative estimate of drug-likeness (QED) is 0.637. The molecule has 4 nitrogen and oxygen atoms in total. The van der Waals surface area contributed by atoms with Crippen LogP contribution in [0.25, 0.3) is 10.2 Å². The van der Waals surface area contributed by atoms with Gasteiger partial charge in [-0.25, -0.2) is 9.97 Å². The average Bonchev–Trinajstić information content (AvgIpc) is 2.98. The van der Waals surface area contributed by atoms with Crippen molar-refractivity contribution < 1.29 is 4.79 Å². The summed E-state index contributed by atoms with van der Waals surface area (Å²) in [5.74, 6) is 1.34. The smallest absolute Gasteiger partial charge is 0.230 e. The molecule has 2 aliphatic rings. The summed E-state index contributed by atoms with van der Waals surface area (Å²) in [5.41, 5.74) is 1.44. The molecule has 4 rings (SSSR count). The van der Waals surface area contributed by atoms with Gasteiger partial charge in [0.05, 0.1) is 5.75 Å². The Bertz CT molecular complexity index is 767. The fraction of sp³-hybridized carbons (Fsp3) is 0.632. The second-order valence-electron chi connectivity index (χ2n) is 7.40. The van der Waals surface area contributed by atoms with Crippen molar-refractivity contribution in [3.8, 4) is 0 Å². The molecule has 1 saturated carbocycles. The first-order valence-electron chi connectivity index (χ1n) is 9.38. The van der Waals surface area contributed by atoms with E-state index in [1.54, 1.807) is 18.1 Å². The second-order valence-corrected chi connectivity index (χ2v) is 9.45. The second kappa shape index (κ2) is 7.62. The van der Waals surface area contributed by atoms with Crippen molar-refractivity contribution in [3.63, 3.8) is 0 Å². The van der Waals surface area contributed by atoms with Crippen LogP contribution in [0.1, 0.15) is 55.9 Å². The first-order chi connectivity index (χ1) is 12.2. The average molecular weight is 376 g/mol. The summed E-state index contributed by atoms with van der Waals surface area (Å²) in [7, 11) is 0. The van der Waals surface area contributed by atoms with Crippen molar-refractivity contribution in [2.24, 2.45) is 5.92 Å². The molecule has 0 radical (unpaired) electrons. The van der Waals surface area contributed by atoms with E-state index in [2.05, 4.69) is 22.2 Å². The highest BCUT2D eigenvalue weighted by atomic mass is 32.2. The number of carbonyl (C=O) groups is 1. The molecule has 134 valence electrons. The molecular weight excluding hydrogens is 350 g/mol. The number of fused-ring (bicyclic) bond motifs is 3. The van der Waals surface area contributed by atoms with E-state index in [0.717, 1.165) is 41.5 Å². The number of hydrogen-bond donors (Lipinski definition) is 1. The highest BCUT2D eigenvalue weighted by Gasteiger charge is 2.23. The molecule has 1 N–H and O–H groups in total. The predicted octanol–water partition coefficient (Wildman–Crippen LogP) is 4.36. The van der Waals surface area contributed by atoms with Crippen LogP contribution >= 0.6 is 23.1 Å². The third-order valence-corrected chi connectivity index (χ3v) is 7.52. The largest absolute Gasteiger partial charge is 0.353 e. The van der Waals surface area contributed by atoms with Crippen LogP contribution in [0.4, 0.5) is 0 Å². The molecule has 2 aromatic rings. The number of aromatic nitrogens is 2. The van der Waals surface area contributed by atoms with Crippen LogP contribution in [0.3, 0.4) is 0 Å². The Kier molecular flexibility index (Phi) is 5.27. The van der Waals surface area contributed by atoms with Gasteiger partial charge in [0.1, 0.15) is 16.2 Å². The summed E-state index contributed by atoms with van der Waals surface area (Å²) >= 11 is 3.38. The van der Waals surface area contributed by atoms with E-state index < -0.39 is 0 Å². The third-order valence-electron chi connectivity index (χ3n) is 5.37. The molecular formula is C19H25N3OS2. The van der Waals surface area contributed by atoms with Gasteiger partial charge >= 0.3 is 0 Å². The minimum atomic E-state index is 0.140. The van der Waals surface area contributed by atoms with E-state index in [1.165, 1.54) is 41.5 Å². The number of nitrogens with zero attached hydrogens (tertiary/aromatic N) is 2. The van der Waals surface area contributed by atoms with E-state index in [9.17, 15) is 4.79 Å². The molecule has 1 fully saturated rings. The summed E-state index contributed by atoms with van der Waals surface area (Å²) < 4.78 is 0. The Morgan fingerprint density at radius 2 is 2.12 bits per heavy atom. The van der Waals surface area contributed by atoms with Gasteiger partial charge in [-0.2, -0.15) is 0 Å². The topological polar surface area (TPSA) is 54.9 Å². The summed E-state index contributed by atoms with van der Waals surface area (Å²) in [6.45, 7) is 2.32. The summed E-state index contributed by atoms with van der Waals surface area (Å²) in [6.07, 6.45) is 11.2. The van der Waals surface area contributed by atoms with Gasteiger partial charge in [0, 0.05) is 16.3 Å². The molecule has 25 heavy (non-hydrogen) atoms. The highest BCUT2D eigenvalue weighted by Crippen LogP contribution is 2.40. The lowest BCUT2D eigenvalue weighted by Crippen LogP contribution is -2.37. The molecule has 0 spiro atoms. The molecule has 0 aliphatic heterocycles. The highest BCUT2D eigenvalue weighted by molar-refractivity contribution is 8.00. The molecule has 0 saturated heterocycles. The first kappa shape index (κ1) is 17.3. The van der Waals surface area contributed by atoms with Crippen molar-refractivity contribution in [1.82, 2.24) is 15.3 Å². The maximum atomic E-state index is 12.3. The number of thioether (sulfide) groups is 1. The van der Waals surface area contributed by atoms with Crippen LogP contribution < -0.4 is 5.32 Å².